The van der Waals surface area contributed by atoms with Crippen LogP contribution in [0.2, 0.25) is 5.02 Å². The van der Waals surface area contributed by atoms with Crippen LogP contribution in [-0.4, -0.2) is 28.2 Å². The Kier molecular flexibility index (Phi) is 4.78. The van der Waals surface area contributed by atoms with Gasteiger partial charge in [0, 0.05) is 11.1 Å². The zero-order valence-electron chi connectivity index (χ0n) is 7.83. The van der Waals surface area contributed by atoms with Crippen molar-refractivity contribution < 1.29 is 4.74 Å². The zero-order chi connectivity index (χ0) is 10.6. The second-order valence-corrected chi connectivity index (χ2v) is 4.74. The summed E-state index contributed by atoms with van der Waals surface area (Å²) in [5.41, 5.74) is 0. The lowest BCUT2D eigenvalue weighted by atomic mass is 10.6. The van der Waals surface area contributed by atoms with Gasteiger partial charge in [-0.1, -0.05) is 18.5 Å². The maximum absolute atomic E-state index is 5.91. The summed E-state index contributed by atoms with van der Waals surface area (Å²) in [6.45, 7) is 2.00. The Labute approximate surface area is 97.2 Å². The summed E-state index contributed by atoms with van der Waals surface area (Å²) in [6.07, 6.45) is 1.52. The van der Waals surface area contributed by atoms with E-state index in [4.69, 9.17) is 27.9 Å². The monoisotopic (exact) mass is 252 g/mol. The highest BCUT2D eigenvalue weighted by atomic mass is 35.5. The maximum atomic E-state index is 5.91. The Balaban J connectivity index is 2.83. The lowest BCUT2D eigenvalue weighted by molar-refractivity contribution is 0.376. The van der Waals surface area contributed by atoms with Gasteiger partial charge in [-0.2, -0.15) is 4.98 Å². The normalized spacial score (nSPS) is 12.6. The Hall–Kier alpha value is -0.190. The van der Waals surface area contributed by atoms with Gasteiger partial charge in [0.1, 0.15) is 5.03 Å². The SMILES string of the molecule is COc1ncc(Cl)c(SC(C)CCl)n1. The van der Waals surface area contributed by atoms with E-state index in [-0.39, 0.29) is 5.25 Å². The number of alkyl halides is 1. The van der Waals surface area contributed by atoms with Crippen LogP contribution in [0, 0.1) is 0 Å². The second kappa shape index (κ2) is 5.63. The molecule has 0 N–H and O–H groups in total. The molecule has 1 unspecified atom stereocenters. The standard InChI is InChI=1S/C8H10Cl2N2OS/c1-5(3-9)14-7-6(10)4-11-8(12-7)13-2/h4-5H,3H2,1-2H3. The molecule has 3 nitrogen and oxygen atoms in total. The molecular formula is C8H10Cl2N2OS. The molecule has 0 fully saturated rings. The summed E-state index contributed by atoms with van der Waals surface area (Å²) < 4.78 is 4.90. The third kappa shape index (κ3) is 3.19. The summed E-state index contributed by atoms with van der Waals surface area (Å²) in [5.74, 6) is 0.549. The van der Waals surface area contributed by atoms with Crippen molar-refractivity contribution in [1.82, 2.24) is 9.97 Å². The van der Waals surface area contributed by atoms with Gasteiger partial charge in [-0.05, 0) is 0 Å². The quantitative estimate of drug-likeness (QED) is 0.469. The topological polar surface area (TPSA) is 35.0 Å². The van der Waals surface area contributed by atoms with E-state index in [1.54, 1.807) is 0 Å². The van der Waals surface area contributed by atoms with Gasteiger partial charge in [0.15, 0.2) is 0 Å². The lowest BCUT2D eigenvalue weighted by Gasteiger charge is -2.08. The van der Waals surface area contributed by atoms with Crippen LogP contribution in [0.3, 0.4) is 0 Å². The first-order valence-corrected chi connectivity index (χ1v) is 5.75. The number of rotatable bonds is 4. The number of thioether (sulfide) groups is 1. The van der Waals surface area contributed by atoms with Gasteiger partial charge >= 0.3 is 6.01 Å². The predicted molar refractivity (Wildman–Crippen MR) is 59.6 cm³/mol. The zero-order valence-corrected chi connectivity index (χ0v) is 10.2. The molecular weight excluding hydrogens is 243 g/mol. The molecule has 0 saturated carbocycles. The molecule has 1 aromatic rings. The molecule has 0 amide bonds. The minimum Gasteiger partial charge on any atom is -0.467 e. The van der Waals surface area contributed by atoms with Crippen LogP contribution < -0.4 is 4.74 Å². The van der Waals surface area contributed by atoms with Crippen molar-refractivity contribution >= 4 is 35.0 Å². The maximum Gasteiger partial charge on any atom is 0.317 e. The van der Waals surface area contributed by atoms with Crippen LogP contribution in [0.4, 0.5) is 0 Å². The van der Waals surface area contributed by atoms with Crippen molar-refractivity contribution in [3.8, 4) is 6.01 Å². The number of ether oxygens (including phenoxy) is 1. The third-order valence-corrected chi connectivity index (χ3v) is 3.54. The molecule has 0 saturated heterocycles. The van der Waals surface area contributed by atoms with Gasteiger partial charge in [-0.3, -0.25) is 0 Å². The van der Waals surface area contributed by atoms with E-state index < -0.39 is 0 Å². The second-order valence-electron chi connectivity index (χ2n) is 2.59. The van der Waals surface area contributed by atoms with Crippen LogP contribution >= 0.6 is 35.0 Å². The number of nitrogens with zero attached hydrogens (tertiary/aromatic N) is 2. The van der Waals surface area contributed by atoms with Crippen LogP contribution in [0.15, 0.2) is 11.2 Å². The summed E-state index contributed by atoms with van der Waals surface area (Å²) in [6, 6.07) is 0.318. The molecule has 1 atom stereocenters. The van der Waals surface area contributed by atoms with E-state index in [1.807, 2.05) is 6.92 Å². The molecule has 1 heterocycles. The van der Waals surface area contributed by atoms with Gasteiger partial charge < -0.3 is 4.74 Å². The summed E-state index contributed by atoms with van der Waals surface area (Å²) in [5, 5.41) is 1.48. The Bertz CT molecular complexity index is 311. The molecule has 14 heavy (non-hydrogen) atoms. The van der Waals surface area contributed by atoms with Gasteiger partial charge in [0.05, 0.1) is 18.3 Å². The summed E-state index contributed by atoms with van der Waals surface area (Å²) >= 11 is 13.1. The molecule has 1 rings (SSSR count). The van der Waals surface area contributed by atoms with E-state index >= 15 is 0 Å². The first kappa shape index (κ1) is 11.9. The first-order chi connectivity index (χ1) is 6.67. The minimum atomic E-state index is 0.258. The average Bonchev–Trinajstić information content (AvgIpc) is 2.21. The third-order valence-electron chi connectivity index (χ3n) is 1.40. The predicted octanol–water partition coefficient (Wildman–Crippen LogP) is 2.86. The molecule has 0 aliphatic carbocycles. The van der Waals surface area contributed by atoms with Gasteiger partial charge in [-0.25, -0.2) is 4.98 Å². The molecule has 0 bridgehead atoms. The molecule has 0 spiro atoms. The minimum absolute atomic E-state index is 0.258. The van der Waals surface area contributed by atoms with E-state index in [9.17, 15) is 0 Å². The number of halogens is 2. The van der Waals surface area contributed by atoms with E-state index in [0.29, 0.717) is 21.9 Å². The summed E-state index contributed by atoms with van der Waals surface area (Å²) in [4.78, 5) is 8.00. The van der Waals surface area contributed by atoms with Gasteiger partial charge in [0.25, 0.3) is 0 Å². The molecule has 1 aromatic heterocycles. The van der Waals surface area contributed by atoms with Crippen LogP contribution in [0.1, 0.15) is 6.92 Å². The fourth-order valence-corrected chi connectivity index (χ4v) is 1.89. The first-order valence-electron chi connectivity index (χ1n) is 3.96. The number of aromatic nitrogens is 2. The van der Waals surface area contributed by atoms with Gasteiger partial charge in [-0.15, -0.1) is 23.4 Å². The average molecular weight is 253 g/mol. The lowest BCUT2D eigenvalue weighted by Crippen LogP contribution is -2.00. The molecule has 6 heteroatoms. The largest absolute Gasteiger partial charge is 0.467 e. The van der Waals surface area contributed by atoms with Crippen LogP contribution in [0.5, 0.6) is 6.01 Å². The Morgan fingerprint density at radius 2 is 2.36 bits per heavy atom. The van der Waals surface area contributed by atoms with E-state index in [1.165, 1.54) is 25.1 Å². The molecule has 0 radical (unpaired) electrons. The highest BCUT2D eigenvalue weighted by Crippen LogP contribution is 2.29. The number of hydrogen-bond acceptors (Lipinski definition) is 4. The fourth-order valence-electron chi connectivity index (χ4n) is 0.739. The van der Waals surface area contributed by atoms with E-state index in [2.05, 4.69) is 9.97 Å². The van der Waals surface area contributed by atoms with Crippen molar-refractivity contribution in [2.24, 2.45) is 0 Å². The van der Waals surface area contributed by atoms with Crippen molar-refractivity contribution in [2.45, 2.75) is 17.2 Å². The summed E-state index contributed by atoms with van der Waals surface area (Å²) in [7, 11) is 1.52. The Morgan fingerprint density at radius 3 is 2.93 bits per heavy atom. The fraction of sp³-hybridized carbons (Fsp3) is 0.500. The molecule has 0 aliphatic rings. The number of methoxy groups -OCH3 is 1. The molecule has 0 aliphatic heterocycles. The van der Waals surface area contributed by atoms with Crippen LogP contribution in [-0.2, 0) is 0 Å². The van der Waals surface area contributed by atoms with Crippen LogP contribution in [0.25, 0.3) is 0 Å². The highest BCUT2D eigenvalue weighted by Gasteiger charge is 2.10. The van der Waals surface area contributed by atoms with Crippen molar-refractivity contribution in [1.29, 1.82) is 0 Å². The smallest absolute Gasteiger partial charge is 0.317 e. The van der Waals surface area contributed by atoms with Crippen molar-refractivity contribution in [3.63, 3.8) is 0 Å². The van der Waals surface area contributed by atoms with Crippen molar-refractivity contribution in [3.05, 3.63) is 11.2 Å². The Morgan fingerprint density at radius 1 is 1.64 bits per heavy atom. The molecule has 78 valence electrons. The van der Waals surface area contributed by atoms with E-state index in [0.717, 1.165) is 0 Å². The highest BCUT2D eigenvalue weighted by molar-refractivity contribution is 8.00. The van der Waals surface area contributed by atoms with Crippen molar-refractivity contribution in [2.75, 3.05) is 13.0 Å². The number of hydrogen-bond donors (Lipinski definition) is 0. The molecule has 0 aromatic carbocycles. The van der Waals surface area contributed by atoms with Gasteiger partial charge in [0.2, 0.25) is 0 Å².